The molecule has 2 atom stereocenters. The summed E-state index contributed by atoms with van der Waals surface area (Å²) in [5.74, 6) is 0.888. The standard InChI is InChI=1S/C17H27N5O2/c1-20(2)17-18-8-7-13(19-17)15-12-22(10-11-24-15)16(23)14-6-4-5-9-21(14)3/h7-8,14-15H,4-6,9-12H2,1-3H3/t14-,15+/m1/s1. The van der Waals surface area contributed by atoms with E-state index in [1.165, 1.54) is 6.42 Å². The van der Waals surface area contributed by atoms with Gasteiger partial charge in [-0.05, 0) is 32.5 Å². The molecule has 3 rings (SSSR count). The zero-order valence-corrected chi connectivity index (χ0v) is 14.8. The predicted octanol–water partition coefficient (Wildman–Crippen LogP) is 0.927. The highest BCUT2D eigenvalue weighted by molar-refractivity contribution is 5.82. The minimum atomic E-state index is -0.182. The highest BCUT2D eigenvalue weighted by Crippen LogP contribution is 2.24. The molecule has 0 radical (unpaired) electrons. The number of morpholine rings is 1. The van der Waals surface area contributed by atoms with Crippen LogP contribution in [0.25, 0.3) is 0 Å². The number of aromatic nitrogens is 2. The van der Waals surface area contributed by atoms with Gasteiger partial charge in [-0.15, -0.1) is 0 Å². The number of piperidine rings is 1. The average molecular weight is 333 g/mol. The molecular weight excluding hydrogens is 306 g/mol. The number of nitrogens with zero attached hydrogens (tertiary/aromatic N) is 5. The Balaban J connectivity index is 1.70. The Hall–Kier alpha value is -1.73. The molecule has 132 valence electrons. The molecular formula is C17H27N5O2. The topological polar surface area (TPSA) is 61.8 Å². The van der Waals surface area contributed by atoms with Crippen LogP contribution in [-0.2, 0) is 9.53 Å². The van der Waals surface area contributed by atoms with E-state index < -0.39 is 0 Å². The Labute approximate surface area is 143 Å². The molecule has 2 aliphatic rings. The summed E-state index contributed by atoms with van der Waals surface area (Å²) >= 11 is 0. The molecule has 0 N–H and O–H groups in total. The van der Waals surface area contributed by atoms with Crippen LogP contribution in [-0.4, -0.2) is 79.1 Å². The summed E-state index contributed by atoms with van der Waals surface area (Å²) in [5.41, 5.74) is 0.836. The van der Waals surface area contributed by atoms with Crippen molar-refractivity contribution in [3.63, 3.8) is 0 Å². The van der Waals surface area contributed by atoms with Crippen LogP contribution in [0.1, 0.15) is 31.1 Å². The van der Waals surface area contributed by atoms with Crippen LogP contribution in [0.2, 0.25) is 0 Å². The molecule has 1 aromatic heterocycles. The van der Waals surface area contributed by atoms with Crippen LogP contribution in [0.5, 0.6) is 0 Å². The van der Waals surface area contributed by atoms with Crippen molar-refractivity contribution in [3.8, 4) is 0 Å². The van der Waals surface area contributed by atoms with Crippen molar-refractivity contribution >= 4 is 11.9 Å². The van der Waals surface area contributed by atoms with Crippen molar-refractivity contribution in [1.29, 1.82) is 0 Å². The monoisotopic (exact) mass is 333 g/mol. The fraction of sp³-hybridized carbons (Fsp3) is 0.706. The molecule has 1 aromatic rings. The van der Waals surface area contributed by atoms with Crippen LogP contribution in [0.3, 0.4) is 0 Å². The van der Waals surface area contributed by atoms with Crippen molar-refractivity contribution in [3.05, 3.63) is 18.0 Å². The number of hydrogen-bond acceptors (Lipinski definition) is 6. The Kier molecular flexibility index (Phi) is 5.30. The van der Waals surface area contributed by atoms with Crippen molar-refractivity contribution in [1.82, 2.24) is 19.8 Å². The summed E-state index contributed by atoms with van der Waals surface area (Å²) in [5, 5.41) is 0. The Bertz CT molecular complexity index is 580. The highest BCUT2D eigenvalue weighted by atomic mass is 16.5. The molecule has 0 spiro atoms. The summed E-state index contributed by atoms with van der Waals surface area (Å²) in [6.45, 7) is 2.77. The molecule has 0 aliphatic carbocycles. The van der Waals surface area contributed by atoms with E-state index in [9.17, 15) is 4.79 Å². The molecule has 1 amide bonds. The van der Waals surface area contributed by atoms with Crippen molar-refractivity contribution in [2.24, 2.45) is 0 Å². The first-order valence-corrected chi connectivity index (χ1v) is 8.67. The SMILES string of the molecule is CN(C)c1nccc([C@@H]2CN(C(=O)[C@H]3CCCCN3C)CCO2)n1. The molecule has 24 heavy (non-hydrogen) atoms. The van der Waals surface area contributed by atoms with Crippen molar-refractivity contribution in [2.45, 2.75) is 31.4 Å². The fourth-order valence-electron chi connectivity index (χ4n) is 3.38. The lowest BCUT2D eigenvalue weighted by Gasteiger charge is -2.38. The second-order valence-corrected chi connectivity index (χ2v) is 6.81. The quantitative estimate of drug-likeness (QED) is 0.820. The maximum atomic E-state index is 12.9. The molecule has 0 saturated carbocycles. The lowest BCUT2D eigenvalue weighted by Crippen LogP contribution is -2.52. The first-order chi connectivity index (χ1) is 11.6. The summed E-state index contributed by atoms with van der Waals surface area (Å²) in [6, 6.07) is 1.89. The predicted molar refractivity (Wildman–Crippen MR) is 91.9 cm³/mol. The van der Waals surface area contributed by atoms with Crippen LogP contribution in [0.4, 0.5) is 5.95 Å². The molecule has 2 saturated heterocycles. The number of likely N-dealkylation sites (tertiary alicyclic amines) is 1. The summed E-state index contributed by atoms with van der Waals surface area (Å²) in [6.07, 6.45) is 4.83. The third kappa shape index (κ3) is 3.67. The lowest BCUT2D eigenvalue weighted by molar-refractivity contribution is -0.145. The number of anilines is 1. The average Bonchev–Trinajstić information content (AvgIpc) is 2.62. The zero-order chi connectivity index (χ0) is 17.1. The number of ether oxygens (including phenoxy) is 1. The molecule has 0 unspecified atom stereocenters. The van der Waals surface area contributed by atoms with E-state index in [1.807, 2.05) is 37.0 Å². The maximum Gasteiger partial charge on any atom is 0.240 e. The second-order valence-electron chi connectivity index (χ2n) is 6.81. The van der Waals surface area contributed by atoms with Gasteiger partial charge in [0.15, 0.2) is 0 Å². The third-order valence-corrected chi connectivity index (χ3v) is 4.83. The van der Waals surface area contributed by atoms with E-state index in [4.69, 9.17) is 4.74 Å². The number of carbonyl (C=O) groups is 1. The molecule has 0 aromatic carbocycles. The van der Waals surface area contributed by atoms with E-state index in [-0.39, 0.29) is 18.1 Å². The van der Waals surface area contributed by atoms with Crippen molar-refractivity contribution < 1.29 is 9.53 Å². The van der Waals surface area contributed by atoms with Gasteiger partial charge in [0.1, 0.15) is 6.10 Å². The molecule has 3 heterocycles. The van der Waals surface area contributed by atoms with Crippen molar-refractivity contribution in [2.75, 3.05) is 52.3 Å². The van der Waals surface area contributed by atoms with Gasteiger partial charge in [-0.2, -0.15) is 0 Å². The van der Waals surface area contributed by atoms with Crippen LogP contribution in [0, 0.1) is 0 Å². The summed E-state index contributed by atoms with van der Waals surface area (Å²) < 4.78 is 5.88. The lowest BCUT2D eigenvalue weighted by atomic mass is 10.0. The number of rotatable bonds is 3. The number of hydrogen-bond donors (Lipinski definition) is 0. The first kappa shape index (κ1) is 17.1. The summed E-state index contributed by atoms with van der Waals surface area (Å²) in [7, 11) is 5.87. The summed E-state index contributed by atoms with van der Waals surface area (Å²) in [4.78, 5) is 27.7. The van der Waals surface area contributed by atoms with E-state index >= 15 is 0 Å². The maximum absolute atomic E-state index is 12.9. The Morgan fingerprint density at radius 3 is 2.92 bits per heavy atom. The van der Waals surface area contributed by atoms with Gasteiger partial charge in [0.25, 0.3) is 0 Å². The Morgan fingerprint density at radius 1 is 1.33 bits per heavy atom. The van der Waals surface area contributed by atoms with Gasteiger partial charge in [-0.1, -0.05) is 6.42 Å². The van der Waals surface area contributed by atoms with Gasteiger partial charge >= 0.3 is 0 Å². The van der Waals surface area contributed by atoms with Gasteiger partial charge in [-0.3, -0.25) is 9.69 Å². The van der Waals surface area contributed by atoms with E-state index in [0.29, 0.717) is 25.6 Å². The molecule has 7 heteroatoms. The smallest absolute Gasteiger partial charge is 0.240 e. The molecule has 2 aliphatic heterocycles. The third-order valence-electron chi connectivity index (χ3n) is 4.83. The van der Waals surface area contributed by atoms with Gasteiger partial charge in [-0.25, -0.2) is 9.97 Å². The Morgan fingerprint density at radius 2 is 2.17 bits per heavy atom. The van der Waals surface area contributed by atoms with Gasteiger partial charge in [0.2, 0.25) is 11.9 Å². The zero-order valence-electron chi connectivity index (χ0n) is 14.8. The van der Waals surface area contributed by atoms with Crippen LogP contribution < -0.4 is 4.90 Å². The normalized spacial score (nSPS) is 25.5. The van der Waals surface area contributed by atoms with Gasteiger partial charge in [0.05, 0.1) is 24.9 Å². The first-order valence-electron chi connectivity index (χ1n) is 8.67. The minimum Gasteiger partial charge on any atom is -0.368 e. The number of carbonyl (C=O) groups excluding carboxylic acids is 1. The van der Waals surface area contributed by atoms with E-state index in [1.54, 1.807) is 6.20 Å². The fourth-order valence-corrected chi connectivity index (χ4v) is 3.38. The largest absolute Gasteiger partial charge is 0.368 e. The highest BCUT2D eigenvalue weighted by Gasteiger charge is 2.33. The van der Waals surface area contributed by atoms with E-state index in [2.05, 4.69) is 14.9 Å². The van der Waals surface area contributed by atoms with Gasteiger partial charge < -0.3 is 14.5 Å². The molecule has 0 bridgehead atoms. The van der Waals surface area contributed by atoms with Crippen LogP contribution >= 0.6 is 0 Å². The minimum absolute atomic E-state index is 0.0141. The van der Waals surface area contributed by atoms with Gasteiger partial charge in [0, 0.05) is 26.8 Å². The van der Waals surface area contributed by atoms with E-state index in [0.717, 1.165) is 25.1 Å². The number of amides is 1. The molecule has 7 nitrogen and oxygen atoms in total. The van der Waals surface area contributed by atoms with Crippen LogP contribution in [0.15, 0.2) is 12.3 Å². The molecule has 2 fully saturated rings. The number of likely N-dealkylation sites (N-methyl/N-ethyl adjacent to an activating group) is 1. The second kappa shape index (κ2) is 7.44.